The highest BCUT2D eigenvalue weighted by Gasteiger charge is 2.45. The van der Waals surface area contributed by atoms with E-state index < -0.39 is 41.5 Å². The zero-order valence-electron chi connectivity index (χ0n) is 33.0. The first-order valence-corrected chi connectivity index (χ1v) is 19.3. The maximum absolute atomic E-state index is 13.1. The van der Waals surface area contributed by atoms with E-state index in [1.54, 1.807) is 30.2 Å². The minimum absolute atomic E-state index is 0.0643. The number of ether oxygens (including phenoxy) is 1. The number of hydrogen-bond acceptors (Lipinski definition) is 14. The van der Waals surface area contributed by atoms with Crippen LogP contribution in [0.5, 0.6) is 0 Å². The van der Waals surface area contributed by atoms with Crippen molar-refractivity contribution in [2.75, 3.05) is 48.3 Å². The number of anilines is 3. The lowest BCUT2D eigenvalue weighted by atomic mass is 10.0. The number of hydrazine groups is 1. The Hall–Kier alpha value is -5.26. The molecule has 0 aliphatic carbocycles. The number of nitrogens with two attached hydrogens (primary N) is 2. The number of imide groups is 2. The SMILES string of the molecule is C=C(C)CC(C)SN(N)/C=C(/N)CNc1cccc2c1C(=O)N(C1CCC(=O)NC1=O)C2=O.CC(O)Nc1ccc(N2CCN(C(=O)OC(C)(C)C)CC2)cc1. The maximum Gasteiger partial charge on any atom is 0.410 e. The van der Waals surface area contributed by atoms with Gasteiger partial charge in [-0.2, -0.15) is 0 Å². The molecule has 3 aliphatic heterocycles. The molecule has 2 aromatic rings. The van der Waals surface area contributed by atoms with E-state index in [0.29, 0.717) is 24.5 Å². The van der Waals surface area contributed by atoms with Gasteiger partial charge in [0, 0.05) is 66.8 Å². The molecule has 304 valence electrons. The molecule has 0 aromatic heterocycles. The molecule has 8 N–H and O–H groups in total. The lowest BCUT2D eigenvalue weighted by Crippen LogP contribution is -2.54. The van der Waals surface area contributed by atoms with Crippen molar-refractivity contribution in [2.24, 2.45) is 11.6 Å². The van der Waals surface area contributed by atoms with Crippen molar-refractivity contribution in [1.82, 2.24) is 19.5 Å². The summed E-state index contributed by atoms with van der Waals surface area (Å²) in [5.74, 6) is 3.78. The van der Waals surface area contributed by atoms with Crippen LogP contribution in [0, 0.1) is 0 Å². The van der Waals surface area contributed by atoms with Crippen molar-refractivity contribution in [2.45, 2.75) is 83.9 Å². The number of fused-ring (bicyclic) bond motifs is 1. The van der Waals surface area contributed by atoms with Crippen LogP contribution >= 0.6 is 11.9 Å². The summed E-state index contributed by atoms with van der Waals surface area (Å²) in [6.07, 6.45) is 1.75. The summed E-state index contributed by atoms with van der Waals surface area (Å²) in [6.45, 7) is 18.3. The van der Waals surface area contributed by atoms with E-state index in [0.717, 1.165) is 41.4 Å². The largest absolute Gasteiger partial charge is 0.444 e. The molecule has 3 atom stereocenters. The average molecular weight is 794 g/mol. The van der Waals surface area contributed by atoms with Gasteiger partial charge in [0.25, 0.3) is 11.8 Å². The van der Waals surface area contributed by atoms with Gasteiger partial charge in [0.05, 0.1) is 17.7 Å². The summed E-state index contributed by atoms with van der Waals surface area (Å²) in [5.41, 5.74) is 9.90. The van der Waals surface area contributed by atoms with Gasteiger partial charge in [-0.05, 0) is 95.8 Å². The Morgan fingerprint density at radius 2 is 1.75 bits per heavy atom. The number of hydrogen-bond donors (Lipinski definition) is 6. The van der Waals surface area contributed by atoms with Crippen LogP contribution < -0.4 is 32.4 Å². The van der Waals surface area contributed by atoms with Crippen LogP contribution in [0.4, 0.5) is 21.9 Å². The number of aliphatic hydroxyl groups excluding tert-OH is 1. The molecule has 0 saturated carbocycles. The van der Waals surface area contributed by atoms with E-state index >= 15 is 0 Å². The Kier molecular flexibility index (Phi) is 14.8. The molecule has 17 heteroatoms. The van der Waals surface area contributed by atoms with Crippen LogP contribution in [-0.2, 0) is 14.3 Å². The van der Waals surface area contributed by atoms with Crippen LogP contribution in [0.2, 0.25) is 0 Å². The lowest BCUT2D eigenvalue weighted by Gasteiger charge is -2.36. The molecule has 2 saturated heterocycles. The Bertz CT molecular complexity index is 1800. The number of amides is 5. The van der Waals surface area contributed by atoms with E-state index in [1.807, 2.05) is 58.9 Å². The molecule has 56 heavy (non-hydrogen) atoms. The van der Waals surface area contributed by atoms with Crippen molar-refractivity contribution >= 4 is 58.7 Å². The lowest BCUT2D eigenvalue weighted by molar-refractivity contribution is -0.136. The second-order valence-corrected chi connectivity index (χ2v) is 16.4. The number of nitrogens with one attached hydrogen (secondary N) is 3. The predicted molar refractivity (Wildman–Crippen MR) is 218 cm³/mol. The summed E-state index contributed by atoms with van der Waals surface area (Å²) in [6, 6.07) is 11.8. The van der Waals surface area contributed by atoms with E-state index in [4.69, 9.17) is 16.3 Å². The maximum atomic E-state index is 13.1. The molecule has 0 spiro atoms. The molecule has 5 rings (SSSR count). The first kappa shape index (κ1) is 43.5. The molecule has 3 heterocycles. The minimum atomic E-state index is -1.02. The molecule has 0 bridgehead atoms. The number of piperazine rings is 1. The molecule has 0 radical (unpaired) electrons. The number of benzene rings is 2. The molecule has 16 nitrogen and oxygen atoms in total. The number of carbonyl (C=O) groups is 5. The van der Waals surface area contributed by atoms with Gasteiger partial charge in [-0.3, -0.25) is 33.8 Å². The topological polar surface area (TPSA) is 216 Å². The minimum Gasteiger partial charge on any atom is -0.444 e. The quantitative estimate of drug-likeness (QED) is 0.0448. The fraction of sp³-hybridized carbons (Fsp3) is 0.462. The van der Waals surface area contributed by atoms with Crippen molar-refractivity contribution in [3.63, 3.8) is 0 Å². The molecule has 5 amide bonds. The third-order valence-corrected chi connectivity index (χ3v) is 9.60. The predicted octanol–water partition coefficient (Wildman–Crippen LogP) is 3.97. The number of rotatable bonds is 12. The zero-order chi connectivity index (χ0) is 41.3. The van der Waals surface area contributed by atoms with Crippen molar-refractivity contribution in [3.8, 4) is 0 Å². The van der Waals surface area contributed by atoms with Gasteiger partial charge in [-0.1, -0.05) is 18.6 Å². The highest BCUT2D eigenvalue weighted by molar-refractivity contribution is 7.97. The third-order valence-electron chi connectivity index (χ3n) is 8.72. The number of aliphatic hydroxyl groups is 1. The second kappa shape index (κ2) is 19.1. The van der Waals surface area contributed by atoms with E-state index in [1.165, 1.54) is 22.4 Å². The molecule has 3 unspecified atom stereocenters. The highest BCUT2D eigenvalue weighted by Crippen LogP contribution is 2.32. The number of allylic oxidation sites excluding steroid dienone is 1. The molecule has 3 aliphatic rings. The van der Waals surface area contributed by atoms with Crippen molar-refractivity contribution in [1.29, 1.82) is 0 Å². The highest BCUT2D eigenvalue weighted by atomic mass is 32.2. The summed E-state index contributed by atoms with van der Waals surface area (Å²) in [7, 11) is 0. The molecule has 2 fully saturated rings. The third kappa shape index (κ3) is 12.1. The van der Waals surface area contributed by atoms with Gasteiger partial charge in [-0.15, -0.1) is 6.58 Å². The smallest absolute Gasteiger partial charge is 0.410 e. The van der Waals surface area contributed by atoms with E-state index in [2.05, 4.69) is 27.4 Å². The van der Waals surface area contributed by atoms with Crippen LogP contribution in [0.1, 0.15) is 81.5 Å². The summed E-state index contributed by atoms with van der Waals surface area (Å²) < 4.78 is 6.84. The monoisotopic (exact) mass is 793 g/mol. The molecular weight excluding hydrogens is 739 g/mol. The Morgan fingerprint density at radius 3 is 2.34 bits per heavy atom. The van der Waals surface area contributed by atoms with Crippen LogP contribution in [0.25, 0.3) is 0 Å². The van der Waals surface area contributed by atoms with E-state index in [9.17, 15) is 29.1 Å². The average Bonchev–Trinajstić information content (AvgIpc) is 3.36. The fourth-order valence-corrected chi connectivity index (χ4v) is 7.29. The Labute approximate surface area is 332 Å². The van der Waals surface area contributed by atoms with Gasteiger partial charge < -0.3 is 36.0 Å². The van der Waals surface area contributed by atoms with Gasteiger partial charge in [0.15, 0.2) is 0 Å². The Morgan fingerprint density at radius 1 is 1.09 bits per heavy atom. The summed E-state index contributed by atoms with van der Waals surface area (Å²) in [4.78, 5) is 66.6. The normalized spacial score (nSPS) is 18.3. The van der Waals surface area contributed by atoms with Crippen LogP contribution in [0.15, 0.2) is 66.5 Å². The van der Waals surface area contributed by atoms with Crippen LogP contribution in [0.3, 0.4) is 0 Å². The van der Waals surface area contributed by atoms with E-state index in [-0.39, 0.29) is 41.9 Å². The van der Waals surface area contributed by atoms with Crippen molar-refractivity contribution < 1.29 is 33.8 Å². The van der Waals surface area contributed by atoms with Gasteiger partial charge >= 0.3 is 6.09 Å². The molecular formula is C39H55N9O7S. The summed E-state index contributed by atoms with van der Waals surface area (Å²) in [5, 5.41) is 17.7. The zero-order valence-corrected chi connectivity index (χ0v) is 33.8. The Balaban J connectivity index is 0.000000265. The fourth-order valence-electron chi connectivity index (χ4n) is 6.32. The summed E-state index contributed by atoms with van der Waals surface area (Å²) >= 11 is 1.41. The van der Waals surface area contributed by atoms with Gasteiger partial charge in [0.1, 0.15) is 17.9 Å². The number of carbonyl (C=O) groups excluding carboxylic acids is 5. The van der Waals surface area contributed by atoms with Gasteiger partial charge in [0.2, 0.25) is 11.8 Å². The second-order valence-electron chi connectivity index (χ2n) is 15.0. The number of nitrogens with zero attached hydrogens (tertiary/aromatic N) is 4. The first-order valence-electron chi connectivity index (χ1n) is 18.5. The first-order chi connectivity index (χ1) is 26.3. The van der Waals surface area contributed by atoms with Gasteiger partial charge in [-0.25, -0.2) is 10.6 Å². The van der Waals surface area contributed by atoms with Crippen molar-refractivity contribution in [3.05, 3.63) is 77.6 Å². The molecule has 2 aromatic carbocycles. The van der Waals surface area contributed by atoms with Crippen LogP contribution in [-0.4, -0.2) is 105 Å². The number of piperidine rings is 1. The standard InChI is InChI=1S/C22H28N6O4S.C17H27N3O3/c1-12(2)9-13(3)33-27(24)11-14(23)10-25-16-6-4-5-15-19(16)22(32)28(21(15)31)17-7-8-18(29)26-20(17)30;1-13(21)18-14-5-7-15(8-6-14)19-9-11-20(12-10-19)16(22)23-17(2,3)4/h4-6,11,13,17,25H,1,7-10,23-24H2,2-3H3,(H,26,29,30);5-8,13,18,21H,9-12H2,1-4H3/b14-11+;.